The van der Waals surface area contributed by atoms with Gasteiger partial charge in [0.25, 0.3) is 0 Å². The average molecular weight is 238 g/mol. The highest BCUT2D eigenvalue weighted by Gasteiger charge is 2.21. The van der Waals surface area contributed by atoms with Gasteiger partial charge in [0.15, 0.2) is 0 Å². The number of nitrogens with two attached hydrogens (primary N) is 1. The largest absolute Gasteiger partial charge is 0.508 e. The van der Waals surface area contributed by atoms with E-state index in [1.54, 1.807) is 18.2 Å². The molecule has 0 radical (unpaired) electrons. The molecule has 5 heteroatoms. The van der Waals surface area contributed by atoms with Crippen molar-refractivity contribution in [3.8, 4) is 5.75 Å². The van der Waals surface area contributed by atoms with Crippen molar-refractivity contribution in [1.82, 2.24) is 0 Å². The Balaban J connectivity index is 2.88. The Labute approximate surface area is 101 Å². The third kappa shape index (κ3) is 3.44. The molecule has 1 aromatic carbocycles. The van der Waals surface area contributed by atoms with Crippen molar-refractivity contribution in [3.63, 3.8) is 0 Å². The number of phenolic OH excluding ortho intramolecular Hbond substituents is 1. The van der Waals surface area contributed by atoms with E-state index in [0.29, 0.717) is 12.2 Å². The maximum Gasteiger partial charge on any atom is 0.246 e. The van der Waals surface area contributed by atoms with Crippen LogP contribution in [0.2, 0.25) is 0 Å². The molecule has 0 fully saturated rings. The van der Waals surface area contributed by atoms with Crippen LogP contribution in [0, 0.1) is 0 Å². The zero-order chi connectivity index (χ0) is 12.8. The van der Waals surface area contributed by atoms with E-state index >= 15 is 0 Å². The van der Waals surface area contributed by atoms with E-state index < -0.39 is 6.04 Å². The van der Waals surface area contributed by atoms with Crippen LogP contribution in [-0.4, -0.2) is 37.3 Å². The summed E-state index contributed by atoms with van der Waals surface area (Å²) in [7, 11) is 1.50. The number of benzene rings is 1. The van der Waals surface area contributed by atoms with Crippen molar-refractivity contribution < 1.29 is 14.6 Å². The molecule has 0 aliphatic carbocycles. The molecule has 17 heavy (non-hydrogen) atoms. The van der Waals surface area contributed by atoms with Gasteiger partial charge in [-0.3, -0.25) is 4.79 Å². The first-order valence-corrected chi connectivity index (χ1v) is 5.45. The molecule has 0 aliphatic heterocycles. The minimum atomic E-state index is -0.692. The smallest absolute Gasteiger partial charge is 0.246 e. The first-order chi connectivity index (χ1) is 8.10. The van der Waals surface area contributed by atoms with Crippen LogP contribution in [0.25, 0.3) is 0 Å². The third-order valence-corrected chi connectivity index (χ3v) is 2.39. The number of ether oxygens (including phenoxy) is 1. The third-order valence-electron chi connectivity index (χ3n) is 2.39. The summed E-state index contributed by atoms with van der Waals surface area (Å²) in [4.78, 5) is 13.5. The lowest BCUT2D eigenvalue weighted by atomic mass is 10.2. The molecule has 1 rings (SSSR count). The summed E-state index contributed by atoms with van der Waals surface area (Å²) >= 11 is 0. The second kappa shape index (κ2) is 6.22. The Bertz CT molecular complexity index is 382. The topological polar surface area (TPSA) is 75.8 Å². The fraction of sp³-hybridized carbons (Fsp3) is 0.417. The second-order valence-corrected chi connectivity index (χ2v) is 3.66. The number of phenols is 1. The number of hydrogen-bond donors (Lipinski definition) is 2. The molecule has 0 spiro atoms. The summed E-state index contributed by atoms with van der Waals surface area (Å²) in [5, 5.41) is 9.39. The number of hydrogen-bond acceptors (Lipinski definition) is 4. The summed E-state index contributed by atoms with van der Waals surface area (Å²) in [6.45, 7) is 2.51. The Morgan fingerprint density at radius 2 is 2.29 bits per heavy atom. The van der Waals surface area contributed by atoms with Gasteiger partial charge in [-0.15, -0.1) is 0 Å². The number of methoxy groups -OCH3 is 1. The number of anilines is 1. The van der Waals surface area contributed by atoms with E-state index in [2.05, 4.69) is 0 Å². The van der Waals surface area contributed by atoms with Crippen LogP contribution in [0.3, 0.4) is 0 Å². The SMILES string of the molecule is CCN(C(=O)C(N)COC)c1cccc(O)c1. The molecule has 5 nitrogen and oxygen atoms in total. The molecule has 1 amide bonds. The minimum absolute atomic E-state index is 0.120. The summed E-state index contributed by atoms with van der Waals surface area (Å²) in [5.74, 6) is -0.103. The Hall–Kier alpha value is -1.59. The van der Waals surface area contributed by atoms with Gasteiger partial charge in [-0.2, -0.15) is 0 Å². The Kier molecular flexibility index (Phi) is 4.93. The summed E-state index contributed by atoms with van der Waals surface area (Å²) < 4.78 is 4.86. The van der Waals surface area contributed by atoms with Gasteiger partial charge < -0.3 is 20.5 Å². The van der Waals surface area contributed by atoms with Crippen LogP contribution in [0.4, 0.5) is 5.69 Å². The fourth-order valence-electron chi connectivity index (χ4n) is 1.58. The van der Waals surface area contributed by atoms with Gasteiger partial charge in [0.2, 0.25) is 5.91 Å². The molecule has 0 saturated carbocycles. The van der Waals surface area contributed by atoms with Gasteiger partial charge in [-0.1, -0.05) is 6.07 Å². The first-order valence-electron chi connectivity index (χ1n) is 5.45. The van der Waals surface area contributed by atoms with Crippen molar-refractivity contribution in [2.75, 3.05) is 25.2 Å². The summed E-state index contributed by atoms with van der Waals surface area (Å²) in [6.07, 6.45) is 0. The number of aromatic hydroxyl groups is 1. The maximum atomic E-state index is 12.0. The lowest BCUT2D eigenvalue weighted by Crippen LogP contribution is -2.46. The van der Waals surface area contributed by atoms with Crippen LogP contribution in [0.15, 0.2) is 24.3 Å². The zero-order valence-corrected chi connectivity index (χ0v) is 10.1. The van der Waals surface area contributed by atoms with Crippen molar-refractivity contribution in [1.29, 1.82) is 0 Å². The van der Waals surface area contributed by atoms with E-state index in [1.807, 2.05) is 6.92 Å². The fourth-order valence-corrected chi connectivity index (χ4v) is 1.58. The van der Waals surface area contributed by atoms with Gasteiger partial charge in [0, 0.05) is 25.4 Å². The highest BCUT2D eigenvalue weighted by molar-refractivity contribution is 5.97. The lowest BCUT2D eigenvalue weighted by molar-refractivity contribution is -0.120. The highest BCUT2D eigenvalue weighted by Crippen LogP contribution is 2.20. The molecular formula is C12H18N2O3. The second-order valence-electron chi connectivity index (χ2n) is 3.66. The number of carbonyl (C=O) groups is 1. The van der Waals surface area contributed by atoms with Gasteiger partial charge >= 0.3 is 0 Å². The lowest BCUT2D eigenvalue weighted by Gasteiger charge is -2.24. The first kappa shape index (κ1) is 13.5. The van der Waals surface area contributed by atoms with Crippen LogP contribution in [0.5, 0.6) is 5.75 Å². The van der Waals surface area contributed by atoms with Crippen LogP contribution >= 0.6 is 0 Å². The molecule has 0 heterocycles. The van der Waals surface area contributed by atoms with Crippen molar-refractivity contribution in [2.45, 2.75) is 13.0 Å². The molecule has 1 atom stereocenters. The van der Waals surface area contributed by atoms with Crippen molar-refractivity contribution in [3.05, 3.63) is 24.3 Å². The molecule has 0 aromatic heterocycles. The highest BCUT2D eigenvalue weighted by atomic mass is 16.5. The number of likely N-dealkylation sites (N-methyl/N-ethyl adjacent to an activating group) is 1. The van der Waals surface area contributed by atoms with E-state index in [0.717, 1.165) is 0 Å². The standard InChI is InChI=1S/C12H18N2O3/c1-3-14(12(16)11(13)8-17-2)9-5-4-6-10(15)7-9/h4-7,11,15H,3,8,13H2,1-2H3. The van der Waals surface area contributed by atoms with E-state index in [4.69, 9.17) is 10.5 Å². The molecule has 0 aliphatic rings. The molecule has 0 saturated heterocycles. The Morgan fingerprint density at radius 1 is 1.59 bits per heavy atom. The monoisotopic (exact) mass is 238 g/mol. The summed E-state index contributed by atoms with van der Waals surface area (Å²) in [6, 6.07) is 5.82. The number of nitrogens with zero attached hydrogens (tertiary/aromatic N) is 1. The predicted molar refractivity (Wildman–Crippen MR) is 66.0 cm³/mol. The average Bonchev–Trinajstić information content (AvgIpc) is 2.30. The maximum absolute atomic E-state index is 12.0. The van der Waals surface area contributed by atoms with Crippen LogP contribution in [-0.2, 0) is 9.53 Å². The van der Waals surface area contributed by atoms with Gasteiger partial charge in [0.1, 0.15) is 11.8 Å². The molecule has 3 N–H and O–H groups in total. The van der Waals surface area contributed by atoms with Crippen molar-refractivity contribution >= 4 is 11.6 Å². The number of carbonyl (C=O) groups excluding carboxylic acids is 1. The van der Waals surface area contributed by atoms with Gasteiger partial charge in [-0.25, -0.2) is 0 Å². The molecular weight excluding hydrogens is 220 g/mol. The summed E-state index contributed by atoms with van der Waals surface area (Å²) in [5.41, 5.74) is 6.33. The van der Waals surface area contributed by atoms with E-state index in [1.165, 1.54) is 18.1 Å². The zero-order valence-electron chi connectivity index (χ0n) is 10.1. The molecule has 0 bridgehead atoms. The van der Waals surface area contributed by atoms with Gasteiger partial charge in [-0.05, 0) is 19.1 Å². The Morgan fingerprint density at radius 3 is 2.82 bits per heavy atom. The van der Waals surface area contributed by atoms with Gasteiger partial charge in [0.05, 0.1) is 6.61 Å². The van der Waals surface area contributed by atoms with Crippen LogP contribution in [0.1, 0.15) is 6.92 Å². The minimum Gasteiger partial charge on any atom is -0.508 e. The van der Waals surface area contributed by atoms with Crippen molar-refractivity contribution in [2.24, 2.45) is 5.73 Å². The van der Waals surface area contributed by atoms with E-state index in [9.17, 15) is 9.90 Å². The molecule has 94 valence electrons. The quantitative estimate of drug-likeness (QED) is 0.792. The normalized spacial score (nSPS) is 12.2. The molecule has 1 unspecified atom stereocenters. The van der Waals surface area contributed by atoms with Crippen LogP contribution < -0.4 is 10.6 Å². The molecule has 1 aromatic rings. The number of amides is 1. The predicted octanol–water partition coefficient (Wildman–Crippen LogP) is 0.719. The number of rotatable bonds is 5. The van der Waals surface area contributed by atoms with E-state index in [-0.39, 0.29) is 18.3 Å².